The molecule has 0 fully saturated rings. The fourth-order valence-corrected chi connectivity index (χ4v) is 1.98. The van der Waals surface area contributed by atoms with E-state index < -0.39 is 0 Å². The van der Waals surface area contributed by atoms with Crippen molar-refractivity contribution in [1.29, 1.82) is 0 Å². The molecule has 7 nitrogen and oxygen atoms in total. The summed E-state index contributed by atoms with van der Waals surface area (Å²) >= 11 is 0. The number of hydrogen-bond acceptors (Lipinski definition) is 5. The molecule has 2 aromatic rings. The summed E-state index contributed by atoms with van der Waals surface area (Å²) in [6.45, 7) is 3.97. The van der Waals surface area contributed by atoms with Gasteiger partial charge in [-0.2, -0.15) is 0 Å². The Morgan fingerprint density at radius 1 is 1.43 bits per heavy atom. The monoisotopic (exact) mass is 288 g/mol. The molecule has 112 valence electrons. The molecule has 21 heavy (non-hydrogen) atoms. The number of aryl methyl sites for hydroxylation is 1. The topological polar surface area (TPSA) is 97.9 Å². The first-order chi connectivity index (χ1) is 10.2. The molecule has 0 bridgehead atoms. The average molecular weight is 288 g/mol. The summed E-state index contributed by atoms with van der Waals surface area (Å²) in [7, 11) is 0. The predicted molar refractivity (Wildman–Crippen MR) is 82.0 cm³/mol. The van der Waals surface area contributed by atoms with Crippen molar-refractivity contribution in [2.24, 2.45) is 0 Å². The lowest BCUT2D eigenvalue weighted by Crippen LogP contribution is -2.24. The summed E-state index contributed by atoms with van der Waals surface area (Å²) in [5.74, 6) is -0.101. The summed E-state index contributed by atoms with van der Waals surface area (Å²) in [5, 5.41) is 13.7. The number of nitrogens with zero attached hydrogens (tertiary/aromatic N) is 3. The summed E-state index contributed by atoms with van der Waals surface area (Å²) in [6.07, 6.45) is 4.34. The van der Waals surface area contributed by atoms with Gasteiger partial charge in [0.05, 0.1) is 11.8 Å². The van der Waals surface area contributed by atoms with Crippen molar-refractivity contribution in [2.75, 3.05) is 24.1 Å². The molecule has 1 amide bonds. The van der Waals surface area contributed by atoms with E-state index in [-0.39, 0.29) is 5.91 Å². The van der Waals surface area contributed by atoms with E-state index >= 15 is 0 Å². The molecular formula is C14H20N6O. The van der Waals surface area contributed by atoms with Crippen LogP contribution in [0.3, 0.4) is 0 Å². The van der Waals surface area contributed by atoms with Crippen molar-refractivity contribution in [3.63, 3.8) is 0 Å². The highest BCUT2D eigenvalue weighted by Gasteiger charge is 2.10. The molecule has 0 unspecified atom stereocenters. The minimum atomic E-state index is -0.101. The van der Waals surface area contributed by atoms with E-state index in [1.807, 2.05) is 13.1 Å². The number of nitrogens with one attached hydrogen (secondary N) is 2. The third-order valence-electron chi connectivity index (χ3n) is 2.98. The van der Waals surface area contributed by atoms with Crippen molar-refractivity contribution in [3.05, 3.63) is 36.2 Å². The van der Waals surface area contributed by atoms with E-state index in [1.54, 1.807) is 29.1 Å². The van der Waals surface area contributed by atoms with Crippen LogP contribution < -0.4 is 16.4 Å². The molecule has 0 saturated heterocycles. The molecule has 1 aromatic heterocycles. The van der Waals surface area contributed by atoms with Gasteiger partial charge in [-0.25, -0.2) is 0 Å². The number of nitrogens with two attached hydrogens (primary N) is 1. The van der Waals surface area contributed by atoms with Gasteiger partial charge in [-0.05, 0) is 31.5 Å². The number of carbonyl (C=O) groups is 1. The third kappa shape index (κ3) is 4.20. The molecule has 2 rings (SSSR count). The van der Waals surface area contributed by atoms with Gasteiger partial charge < -0.3 is 16.4 Å². The Morgan fingerprint density at radius 2 is 2.29 bits per heavy atom. The number of rotatable bonds is 7. The molecule has 0 spiro atoms. The highest BCUT2D eigenvalue weighted by Crippen LogP contribution is 2.19. The molecule has 1 heterocycles. The Kier molecular flexibility index (Phi) is 5.14. The standard InChI is InChI=1S/C14H20N6O/c1-2-16-14(21)12-5-4-11(15)10-13(12)17-6-3-8-20-9-7-18-19-20/h4-5,7,9-10,17H,2-3,6,8,15H2,1H3,(H,16,21). The van der Waals surface area contributed by atoms with Crippen LogP contribution in [0.5, 0.6) is 0 Å². The molecule has 0 aliphatic rings. The molecule has 0 aliphatic heterocycles. The van der Waals surface area contributed by atoms with Crippen LogP contribution in [0, 0.1) is 0 Å². The number of hydrogen-bond donors (Lipinski definition) is 3. The smallest absolute Gasteiger partial charge is 0.253 e. The molecule has 0 saturated carbocycles. The van der Waals surface area contributed by atoms with E-state index in [4.69, 9.17) is 5.73 Å². The lowest BCUT2D eigenvalue weighted by molar-refractivity contribution is 0.0956. The van der Waals surface area contributed by atoms with Gasteiger partial charge in [0.1, 0.15) is 0 Å². The van der Waals surface area contributed by atoms with Crippen molar-refractivity contribution >= 4 is 17.3 Å². The molecule has 0 atom stereocenters. The van der Waals surface area contributed by atoms with E-state index in [9.17, 15) is 4.79 Å². The number of aromatic nitrogens is 3. The van der Waals surface area contributed by atoms with E-state index in [0.717, 1.165) is 25.2 Å². The SMILES string of the molecule is CCNC(=O)c1ccc(N)cc1NCCCn1ccnn1. The van der Waals surface area contributed by atoms with Crippen LogP contribution in [0.1, 0.15) is 23.7 Å². The van der Waals surface area contributed by atoms with Crippen molar-refractivity contribution in [2.45, 2.75) is 19.9 Å². The van der Waals surface area contributed by atoms with Crippen LogP contribution in [-0.4, -0.2) is 34.0 Å². The lowest BCUT2D eigenvalue weighted by atomic mass is 10.1. The Balaban J connectivity index is 1.94. The van der Waals surface area contributed by atoms with Crippen LogP contribution in [0.15, 0.2) is 30.6 Å². The van der Waals surface area contributed by atoms with E-state index in [0.29, 0.717) is 17.8 Å². The van der Waals surface area contributed by atoms with Crippen LogP contribution in [0.25, 0.3) is 0 Å². The van der Waals surface area contributed by atoms with Gasteiger partial charge in [-0.1, -0.05) is 5.21 Å². The van der Waals surface area contributed by atoms with Crippen molar-refractivity contribution in [3.8, 4) is 0 Å². The zero-order chi connectivity index (χ0) is 15.1. The van der Waals surface area contributed by atoms with E-state index in [2.05, 4.69) is 20.9 Å². The largest absolute Gasteiger partial charge is 0.399 e. The zero-order valence-corrected chi connectivity index (χ0v) is 12.0. The zero-order valence-electron chi connectivity index (χ0n) is 12.0. The number of nitrogen functional groups attached to an aromatic ring is 1. The second-order valence-electron chi connectivity index (χ2n) is 4.61. The minimum Gasteiger partial charge on any atom is -0.399 e. The first-order valence-corrected chi connectivity index (χ1v) is 6.96. The fourth-order valence-electron chi connectivity index (χ4n) is 1.98. The van der Waals surface area contributed by atoms with Crippen LogP contribution in [-0.2, 0) is 6.54 Å². The maximum atomic E-state index is 12.0. The van der Waals surface area contributed by atoms with Gasteiger partial charge in [-0.3, -0.25) is 9.48 Å². The van der Waals surface area contributed by atoms with Gasteiger partial charge >= 0.3 is 0 Å². The maximum absolute atomic E-state index is 12.0. The summed E-state index contributed by atoms with van der Waals surface area (Å²) in [5.41, 5.74) is 7.77. The van der Waals surface area contributed by atoms with Crippen molar-refractivity contribution in [1.82, 2.24) is 20.3 Å². The Labute approximate surface area is 123 Å². The summed E-state index contributed by atoms with van der Waals surface area (Å²) in [6, 6.07) is 5.24. The first kappa shape index (κ1) is 14.8. The highest BCUT2D eigenvalue weighted by molar-refractivity contribution is 6.00. The van der Waals surface area contributed by atoms with Crippen molar-refractivity contribution < 1.29 is 4.79 Å². The van der Waals surface area contributed by atoms with Crippen LogP contribution in [0.4, 0.5) is 11.4 Å². The van der Waals surface area contributed by atoms with Gasteiger partial charge in [0.2, 0.25) is 0 Å². The Bertz CT molecular complexity index is 581. The Morgan fingerprint density at radius 3 is 3.00 bits per heavy atom. The van der Waals surface area contributed by atoms with E-state index in [1.165, 1.54) is 0 Å². The molecule has 1 aromatic carbocycles. The quantitative estimate of drug-likeness (QED) is 0.524. The second kappa shape index (κ2) is 7.28. The van der Waals surface area contributed by atoms with Gasteiger partial charge in [0.15, 0.2) is 0 Å². The molecule has 4 N–H and O–H groups in total. The minimum absolute atomic E-state index is 0.101. The highest BCUT2D eigenvalue weighted by atomic mass is 16.1. The first-order valence-electron chi connectivity index (χ1n) is 6.96. The molecule has 7 heteroatoms. The van der Waals surface area contributed by atoms with Crippen LogP contribution >= 0.6 is 0 Å². The number of carbonyl (C=O) groups excluding carboxylic acids is 1. The third-order valence-corrected chi connectivity index (χ3v) is 2.98. The number of amides is 1. The normalized spacial score (nSPS) is 10.3. The summed E-state index contributed by atoms with van der Waals surface area (Å²) < 4.78 is 1.77. The molecule has 0 aliphatic carbocycles. The van der Waals surface area contributed by atoms with Crippen LogP contribution in [0.2, 0.25) is 0 Å². The lowest BCUT2D eigenvalue weighted by Gasteiger charge is -2.12. The van der Waals surface area contributed by atoms with Gasteiger partial charge in [-0.15, -0.1) is 5.10 Å². The molecular weight excluding hydrogens is 268 g/mol. The maximum Gasteiger partial charge on any atom is 0.253 e. The summed E-state index contributed by atoms with van der Waals surface area (Å²) in [4.78, 5) is 12.0. The second-order valence-corrected chi connectivity index (χ2v) is 4.61. The predicted octanol–water partition coefficient (Wildman–Crippen LogP) is 1.11. The van der Waals surface area contributed by atoms with Gasteiger partial charge in [0.25, 0.3) is 5.91 Å². The fraction of sp³-hybridized carbons (Fsp3) is 0.357. The number of anilines is 2. The Hall–Kier alpha value is -2.57. The van der Waals surface area contributed by atoms with Gasteiger partial charge in [0, 0.05) is 37.2 Å². The molecule has 0 radical (unpaired) electrons. The number of benzene rings is 1. The average Bonchev–Trinajstić information content (AvgIpc) is 2.97.